The maximum Gasteiger partial charge on any atom is 0.0998 e. The summed E-state index contributed by atoms with van der Waals surface area (Å²) >= 11 is 0. The summed E-state index contributed by atoms with van der Waals surface area (Å²) < 4.78 is 7.15. The molecule has 0 N–H and O–H groups in total. The van der Waals surface area contributed by atoms with Crippen molar-refractivity contribution in [2.45, 2.75) is 41.5 Å². The van der Waals surface area contributed by atoms with E-state index in [0.717, 1.165) is 183 Å². The molecule has 0 saturated carbocycles. The van der Waals surface area contributed by atoms with Crippen LogP contribution in [0.4, 0.5) is 0 Å². The predicted molar refractivity (Wildman–Crippen MR) is 378 cm³/mol. The largest absolute Gasteiger partial charge is 0.309 e. The molecule has 0 unspecified atom stereocenters. The Bertz CT molecular complexity index is 5950. The van der Waals surface area contributed by atoms with Crippen LogP contribution in [0.2, 0.25) is 0 Å². The Balaban J connectivity index is 0.958. The van der Waals surface area contributed by atoms with Crippen LogP contribution in [0.15, 0.2) is 237 Å². The van der Waals surface area contributed by atoms with Gasteiger partial charge in [-0.25, -0.2) is 0 Å². The van der Waals surface area contributed by atoms with Crippen LogP contribution in [0.5, 0.6) is 0 Å². The monoisotopic (exact) mass is 1190 g/mol. The van der Waals surface area contributed by atoms with Gasteiger partial charge in [-0.05, 0) is 215 Å². The van der Waals surface area contributed by atoms with E-state index >= 15 is 0 Å². The number of aryl methyl sites for hydroxylation is 6. The van der Waals surface area contributed by atoms with Gasteiger partial charge in [-0.15, -0.1) is 0 Å². The first-order valence-corrected chi connectivity index (χ1v) is 31.1. The van der Waals surface area contributed by atoms with Gasteiger partial charge in [-0.3, -0.25) is 15.0 Å². The smallest absolute Gasteiger partial charge is 0.0998 e. The predicted octanol–water partition coefficient (Wildman–Crippen LogP) is 20.6. The van der Waals surface area contributed by atoms with Crippen molar-refractivity contribution in [3.63, 3.8) is 0 Å². The van der Waals surface area contributed by atoms with Gasteiger partial charge >= 0.3 is 0 Å². The van der Waals surface area contributed by atoms with E-state index in [2.05, 4.69) is 240 Å². The summed E-state index contributed by atoms with van der Waals surface area (Å²) in [4.78, 5) is 12.9. The Morgan fingerprint density at radius 3 is 1.13 bits per heavy atom. The maximum atomic E-state index is 11.3. The molecule has 0 saturated heterocycles. The fraction of sp³-hybridized carbons (Fsp3) is 0.0714. The van der Waals surface area contributed by atoms with Gasteiger partial charge in [0, 0.05) is 80.6 Å². The standard InChI is InChI=1S/C84H57N9/c1-49-12-10-16-68-66-20-18-59(40-78(66)91(81(49)68)76-42-61(46-85)72(38-51(76)3)56-26-32-88-33-27-56)64-22-24-70-67-21-19-60(41-79(67)92(83(70)53(64)5)80-44-63(48-87)74(58-30-36-90-37-31-58)45-75(80)55-14-8-7-9-15-55)65-23-25-71-69-17-11-13-50(2)82(69)93(84(71)54(65)6)77-43-62(47-86)73(39-52(77)4)57-28-34-89-35-29-57/h7-45H,1-6H3. The van der Waals surface area contributed by atoms with Crippen LogP contribution >= 0.6 is 0 Å². The molecule has 0 atom stereocenters. The van der Waals surface area contributed by atoms with E-state index < -0.39 is 0 Å². The van der Waals surface area contributed by atoms with E-state index in [-0.39, 0.29) is 0 Å². The van der Waals surface area contributed by atoms with Crippen molar-refractivity contribution in [3.8, 4) is 102 Å². The van der Waals surface area contributed by atoms with Gasteiger partial charge in [-0.2, -0.15) is 15.8 Å². The minimum atomic E-state index is 0.543. The molecule has 6 heterocycles. The van der Waals surface area contributed by atoms with E-state index in [0.29, 0.717) is 16.7 Å². The first-order valence-electron chi connectivity index (χ1n) is 31.1. The highest BCUT2D eigenvalue weighted by Crippen LogP contribution is 2.47. The molecule has 0 fully saturated rings. The Hall–Kier alpha value is -12.5. The lowest BCUT2D eigenvalue weighted by atomic mass is 9.93. The molecule has 16 rings (SSSR count). The van der Waals surface area contributed by atoms with E-state index in [1.807, 2.05) is 48.5 Å². The van der Waals surface area contributed by atoms with Crippen molar-refractivity contribution in [2.75, 3.05) is 0 Å². The quantitative estimate of drug-likeness (QED) is 0.142. The number of nitrogens with zero attached hydrogens (tertiary/aromatic N) is 9. The van der Waals surface area contributed by atoms with Crippen LogP contribution < -0.4 is 0 Å². The van der Waals surface area contributed by atoms with E-state index in [1.165, 1.54) is 0 Å². The van der Waals surface area contributed by atoms with Crippen LogP contribution in [0.3, 0.4) is 0 Å². The molecule has 0 amide bonds. The third-order valence-electron chi connectivity index (χ3n) is 19.2. The molecule has 0 spiro atoms. The molecule has 10 aromatic carbocycles. The lowest BCUT2D eigenvalue weighted by molar-refractivity contribution is 1.13. The van der Waals surface area contributed by atoms with Crippen molar-refractivity contribution in [1.29, 1.82) is 15.8 Å². The highest BCUT2D eigenvalue weighted by atomic mass is 15.0. The Morgan fingerprint density at radius 1 is 0.269 bits per heavy atom. The lowest BCUT2D eigenvalue weighted by Gasteiger charge is -2.19. The van der Waals surface area contributed by atoms with Gasteiger partial charge in [0.2, 0.25) is 0 Å². The van der Waals surface area contributed by atoms with Crippen molar-refractivity contribution in [2.24, 2.45) is 0 Å². The third kappa shape index (κ3) is 8.76. The second-order valence-electron chi connectivity index (χ2n) is 24.4. The van der Waals surface area contributed by atoms with Crippen LogP contribution in [0, 0.1) is 75.5 Å². The Kier molecular flexibility index (Phi) is 13.2. The van der Waals surface area contributed by atoms with E-state index in [1.54, 1.807) is 37.2 Å². The van der Waals surface area contributed by atoms with E-state index in [4.69, 9.17) is 0 Å². The Labute approximate surface area is 537 Å². The van der Waals surface area contributed by atoms with Gasteiger partial charge in [0.25, 0.3) is 0 Å². The summed E-state index contributed by atoms with van der Waals surface area (Å²) in [7, 11) is 0. The average molecular weight is 1190 g/mol. The van der Waals surface area contributed by atoms with Crippen LogP contribution in [0.1, 0.15) is 50.1 Å². The van der Waals surface area contributed by atoms with Crippen LogP contribution in [-0.2, 0) is 0 Å². The summed E-state index contributed by atoms with van der Waals surface area (Å²) in [6.45, 7) is 13.1. The average Bonchev–Trinajstić information content (AvgIpc) is 1.60. The number of benzene rings is 10. The van der Waals surface area contributed by atoms with Crippen molar-refractivity contribution < 1.29 is 0 Å². The number of nitriles is 3. The number of hydrogen-bond acceptors (Lipinski definition) is 6. The molecular weight excluding hydrogens is 1130 g/mol. The van der Waals surface area contributed by atoms with Gasteiger partial charge in [0.15, 0.2) is 0 Å². The van der Waals surface area contributed by atoms with Gasteiger partial charge in [-0.1, -0.05) is 115 Å². The summed E-state index contributed by atoms with van der Waals surface area (Å²) in [5, 5.41) is 39.5. The zero-order chi connectivity index (χ0) is 63.3. The minimum absolute atomic E-state index is 0.543. The highest BCUT2D eigenvalue weighted by molar-refractivity contribution is 6.16. The molecule has 93 heavy (non-hydrogen) atoms. The first kappa shape index (κ1) is 55.8. The maximum absolute atomic E-state index is 11.3. The molecule has 438 valence electrons. The highest BCUT2D eigenvalue weighted by Gasteiger charge is 2.26. The van der Waals surface area contributed by atoms with Crippen molar-refractivity contribution in [1.82, 2.24) is 28.7 Å². The number of para-hydroxylation sites is 2. The van der Waals surface area contributed by atoms with Crippen LogP contribution in [0.25, 0.3) is 149 Å². The third-order valence-corrected chi connectivity index (χ3v) is 19.2. The second-order valence-corrected chi connectivity index (χ2v) is 24.4. The van der Waals surface area contributed by atoms with Gasteiger partial charge in [0.1, 0.15) is 0 Å². The number of fused-ring (bicyclic) bond motifs is 9. The molecule has 0 aliphatic carbocycles. The van der Waals surface area contributed by atoms with Crippen molar-refractivity contribution in [3.05, 3.63) is 287 Å². The topological polar surface area (TPSA) is 125 Å². The van der Waals surface area contributed by atoms with Gasteiger partial charge in [0.05, 0.1) is 85.1 Å². The molecular formula is C84H57N9. The van der Waals surface area contributed by atoms with E-state index in [9.17, 15) is 15.8 Å². The zero-order valence-electron chi connectivity index (χ0n) is 52.0. The molecule has 0 radical (unpaired) electrons. The molecule has 0 aliphatic rings. The molecule has 0 bridgehead atoms. The SMILES string of the molecule is Cc1cc(-c2ccncc2)c(C#N)cc1-n1c2cc(-c3ccc4c5ccc(-c6ccc7c8cccc(C)c8n(-c8cc(C#N)c(-c9ccncc9)cc8C)c7c6C)cc5n(-c5cc(C#N)c(-c6ccncc6)cc5-c5ccccc5)c4c3C)ccc2c2cccc(C)c21. The molecule has 9 heteroatoms. The molecule has 0 aliphatic heterocycles. The summed E-state index contributed by atoms with van der Waals surface area (Å²) in [6, 6.07) is 78.4. The summed E-state index contributed by atoms with van der Waals surface area (Å²) in [5.74, 6) is 0. The summed E-state index contributed by atoms with van der Waals surface area (Å²) in [6.07, 6.45) is 10.6. The number of rotatable bonds is 9. The zero-order valence-corrected chi connectivity index (χ0v) is 52.0. The number of aromatic nitrogens is 6. The summed E-state index contributed by atoms with van der Waals surface area (Å²) in [5.41, 5.74) is 28.9. The minimum Gasteiger partial charge on any atom is -0.309 e. The van der Waals surface area contributed by atoms with Crippen molar-refractivity contribution >= 4 is 65.4 Å². The van der Waals surface area contributed by atoms with Crippen LogP contribution in [-0.4, -0.2) is 28.7 Å². The Morgan fingerprint density at radius 2 is 0.645 bits per heavy atom. The fourth-order valence-electron chi connectivity index (χ4n) is 14.8. The number of pyridine rings is 3. The lowest BCUT2D eigenvalue weighted by Crippen LogP contribution is -2.02. The number of hydrogen-bond donors (Lipinski definition) is 0. The molecule has 16 aromatic rings. The second kappa shape index (κ2) is 21.9. The molecule has 6 aromatic heterocycles. The normalized spacial score (nSPS) is 11.5. The first-order chi connectivity index (χ1) is 45.5. The molecule has 9 nitrogen and oxygen atoms in total. The fourth-order valence-corrected chi connectivity index (χ4v) is 14.8. The van der Waals surface area contributed by atoms with Gasteiger partial charge < -0.3 is 13.7 Å².